The zero-order valence-corrected chi connectivity index (χ0v) is 46.7. The van der Waals surface area contributed by atoms with E-state index < -0.39 is 150 Å². The van der Waals surface area contributed by atoms with Crippen molar-refractivity contribution in [1.82, 2.24) is 63.1 Å². The summed E-state index contributed by atoms with van der Waals surface area (Å²) in [5.74, 6) is -13.3. The van der Waals surface area contributed by atoms with Crippen molar-refractivity contribution < 1.29 is 67.7 Å². The molecule has 0 aliphatic rings. The number of nitrogens with one attached hydrogen (secondary N) is 11. The van der Waals surface area contributed by atoms with E-state index in [0.29, 0.717) is 5.69 Å². The van der Waals surface area contributed by atoms with E-state index in [-0.39, 0.29) is 75.2 Å². The summed E-state index contributed by atoms with van der Waals surface area (Å²) < 4.78 is -1.11. The van der Waals surface area contributed by atoms with Gasteiger partial charge >= 0.3 is 11.9 Å². The number of carbonyl (C=O) groups excluding carboxylic acids is 10. The minimum absolute atomic E-state index is 0.00129. The summed E-state index contributed by atoms with van der Waals surface area (Å²) in [6.45, 7) is 5.60. The number of hydrogen-bond donors (Lipinski definition) is 20. The maximum absolute atomic E-state index is 13.9. The highest BCUT2D eigenvalue weighted by Crippen LogP contribution is 2.18. The first-order valence-electron chi connectivity index (χ1n) is 24.9. The molecule has 0 spiro atoms. The molecule has 0 aliphatic carbocycles. The highest BCUT2D eigenvalue weighted by Gasteiger charge is 2.36. The van der Waals surface area contributed by atoms with E-state index in [1.807, 2.05) is 0 Å². The number of carbonyl (C=O) groups is 12. The number of aliphatic imine (C=N–C) groups is 2. The van der Waals surface area contributed by atoms with Crippen LogP contribution in [-0.4, -0.2) is 195 Å². The molecule has 1 rings (SSSR count). The molecular formula is C45H77N19O14S2. The van der Waals surface area contributed by atoms with Gasteiger partial charge in [-0.3, -0.25) is 67.5 Å². The van der Waals surface area contributed by atoms with Gasteiger partial charge in [0.05, 0.1) is 32.4 Å². The Kier molecular flexibility index (Phi) is 31.1. The zero-order valence-electron chi connectivity index (χ0n) is 45.0. The number of imidazole rings is 1. The van der Waals surface area contributed by atoms with Crippen LogP contribution in [0.25, 0.3) is 0 Å². The van der Waals surface area contributed by atoms with Crippen LogP contribution in [0.1, 0.15) is 78.8 Å². The van der Waals surface area contributed by atoms with E-state index in [4.69, 9.17) is 28.7 Å². The van der Waals surface area contributed by atoms with Crippen LogP contribution in [0.4, 0.5) is 0 Å². The fourth-order valence-electron chi connectivity index (χ4n) is 6.95. The lowest BCUT2D eigenvalue weighted by molar-refractivity contribution is -0.142. The van der Waals surface area contributed by atoms with Crippen LogP contribution < -0.4 is 81.8 Å². The summed E-state index contributed by atoms with van der Waals surface area (Å²) in [4.78, 5) is 171. The number of aliphatic carboxylic acids is 2. The van der Waals surface area contributed by atoms with Gasteiger partial charge in [-0.1, -0.05) is 13.8 Å². The van der Waals surface area contributed by atoms with Crippen molar-refractivity contribution in [3.8, 4) is 0 Å². The molecule has 0 aromatic carbocycles. The van der Waals surface area contributed by atoms with Gasteiger partial charge in [-0.25, -0.2) is 4.98 Å². The smallest absolute Gasteiger partial charge is 0.325 e. The van der Waals surface area contributed by atoms with Crippen molar-refractivity contribution in [2.45, 2.75) is 133 Å². The molecule has 0 saturated carbocycles. The third kappa shape index (κ3) is 28.1. The average Bonchev–Trinajstić information content (AvgIpc) is 3.88. The van der Waals surface area contributed by atoms with Gasteiger partial charge in [0, 0.05) is 41.9 Å². The Morgan fingerprint density at radius 2 is 1.09 bits per heavy atom. The molecule has 1 aromatic rings. The van der Waals surface area contributed by atoms with Gasteiger partial charge in [-0.15, -0.1) is 0 Å². The van der Waals surface area contributed by atoms with Gasteiger partial charge in [0.15, 0.2) is 11.9 Å². The second kappa shape index (κ2) is 35.5. The minimum atomic E-state index is -1.87. The fourth-order valence-corrected chi connectivity index (χ4v) is 7.39. The van der Waals surface area contributed by atoms with Crippen LogP contribution in [0, 0.1) is 5.92 Å². The molecule has 448 valence electrons. The third-order valence-corrected chi connectivity index (χ3v) is 11.6. The van der Waals surface area contributed by atoms with Crippen molar-refractivity contribution in [2.24, 2.45) is 44.6 Å². The molecular weight excluding hydrogens is 1090 g/mol. The number of guanidine groups is 2. The van der Waals surface area contributed by atoms with Crippen molar-refractivity contribution >= 4 is 108 Å². The van der Waals surface area contributed by atoms with Crippen molar-refractivity contribution in [3.05, 3.63) is 18.2 Å². The normalized spacial score (nSPS) is 14.0. The largest absolute Gasteiger partial charge is 0.481 e. The van der Waals surface area contributed by atoms with E-state index in [0.717, 1.165) is 0 Å². The molecule has 33 nitrogen and oxygen atoms in total. The van der Waals surface area contributed by atoms with Crippen LogP contribution in [0.5, 0.6) is 0 Å². The van der Waals surface area contributed by atoms with E-state index in [1.165, 1.54) is 33.3 Å². The molecule has 1 aromatic heterocycles. The number of thiol groups is 2. The Balaban J connectivity index is 3.36. The third-order valence-electron chi connectivity index (χ3n) is 11.0. The number of nitrogens with two attached hydrogens (primary N) is 5. The van der Waals surface area contributed by atoms with E-state index in [9.17, 15) is 67.7 Å². The summed E-state index contributed by atoms with van der Waals surface area (Å²) in [5, 5.41) is 42.8. The Labute approximate surface area is 471 Å². The first-order chi connectivity index (χ1) is 37.4. The van der Waals surface area contributed by atoms with E-state index in [2.05, 4.69) is 98.4 Å². The number of carboxylic acid groups (broad SMARTS) is 2. The number of H-pyrrole nitrogens is 1. The van der Waals surface area contributed by atoms with Crippen LogP contribution in [0.15, 0.2) is 22.5 Å². The molecule has 0 unspecified atom stereocenters. The summed E-state index contributed by atoms with van der Waals surface area (Å²) >= 11 is 8.45. The molecule has 10 amide bonds. The predicted molar refractivity (Wildman–Crippen MR) is 295 cm³/mol. The van der Waals surface area contributed by atoms with Gasteiger partial charge in [0.2, 0.25) is 59.1 Å². The molecule has 0 saturated heterocycles. The van der Waals surface area contributed by atoms with Crippen molar-refractivity contribution in [3.63, 3.8) is 0 Å². The van der Waals surface area contributed by atoms with Crippen LogP contribution in [0.3, 0.4) is 0 Å². The Bertz CT molecular complexity index is 2360. The quantitative estimate of drug-likeness (QED) is 0.0127. The highest BCUT2D eigenvalue weighted by atomic mass is 32.1. The first kappa shape index (κ1) is 70.1. The van der Waals surface area contributed by atoms with Crippen LogP contribution in [0.2, 0.25) is 0 Å². The second-order valence-corrected chi connectivity index (χ2v) is 20.5. The van der Waals surface area contributed by atoms with Gasteiger partial charge in [0.1, 0.15) is 48.3 Å². The molecule has 0 aliphatic heterocycles. The number of carboxylic acids is 2. The highest BCUT2D eigenvalue weighted by molar-refractivity contribution is 7.81. The van der Waals surface area contributed by atoms with Crippen molar-refractivity contribution in [1.29, 1.82) is 0 Å². The Morgan fingerprint density at radius 1 is 0.625 bits per heavy atom. The van der Waals surface area contributed by atoms with Gasteiger partial charge in [-0.2, -0.15) is 25.3 Å². The summed E-state index contributed by atoms with van der Waals surface area (Å²) in [5.41, 5.74) is 27.4. The van der Waals surface area contributed by atoms with Crippen LogP contribution in [-0.2, 0) is 64.0 Å². The zero-order chi connectivity index (χ0) is 60.9. The molecule has 0 radical (unpaired) electrons. The average molecular weight is 1170 g/mol. The number of nitrogens with zero attached hydrogens (tertiary/aromatic N) is 3. The summed E-state index contributed by atoms with van der Waals surface area (Å²) in [6, 6.07) is -11.6. The lowest BCUT2D eigenvalue weighted by atomic mass is 10.0. The molecule has 8 atom stereocenters. The Hall–Kier alpha value is -7.95. The Morgan fingerprint density at radius 3 is 1.55 bits per heavy atom. The lowest BCUT2D eigenvalue weighted by Crippen LogP contribution is -2.59. The standard InChI is InChI=1S/C45H77N19O14S2/c1-21(2)12-26(37(72)61-25(9-7-11-53-44(49)50)36(71)63-29(19-79)40(75)57-22(3)42(77)78)62-39(74)28(14-33(68)69)59-31(66)17-54-35(70)24(8-6-10-52-43(47)48)60-38(73)27(13-23-16-51-20-56-23)58-32(67)18-55-41(76)34(45(4,5)80)64-30(65)15-46/h16,20-22,24-29,34,79-80H,6-15,17-19,46H2,1-5H3,(H,51,56)(H,54,70)(H,55,76)(H,57,75)(H,58,67)(H,59,66)(H,60,73)(H,61,72)(H,62,74)(H,63,71)(H,64,65)(H,68,69)(H,77,78)(H4,47,48,52)(H4,49,50,53)/t22-,24-,25-,26-,27-,28-,29-,34-/m0/s1. The fraction of sp³-hybridized carbons (Fsp3) is 0.622. The number of aromatic amines is 1. The number of hydrogen-bond acceptors (Lipinski definition) is 18. The molecule has 35 heteroatoms. The topological polar surface area (TPSA) is 549 Å². The van der Waals surface area contributed by atoms with Gasteiger partial charge < -0.3 is 97.0 Å². The first-order valence-corrected chi connectivity index (χ1v) is 26.0. The number of amides is 10. The maximum atomic E-state index is 13.9. The van der Waals surface area contributed by atoms with Gasteiger partial charge in [0.25, 0.3) is 0 Å². The minimum Gasteiger partial charge on any atom is -0.481 e. The monoisotopic (exact) mass is 1170 g/mol. The summed E-state index contributed by atoms with van der Waals surface area (Å²) in [7, 11) is 0. The number of rotatable bonds is 37. The molecule has 1 heterocycles. The van der Waals surface area contributed by atoms with E-state index >= 15 is 0 Å². The molecule has 23 N–H and O–H groups in total. The maximum Gasteiger partial charge on any atom is 0.325 e. The molecule has 0 bridgehead atoms. The number of aromatic nitrogens is 2. The van der Waals surface area contributed by atoms with Crippen LogP contribution >= 0.6 is 25.3 Å². The van der Waals surface area contributed by atoms with E-state index in [1.54, 1.807) is 13.8 Å². The molecule has 0 fully saturated rings. The second-order valence-electron chi connectivity index (χ2n) is 18.9. The molecule has 80 heavy (non-hydrogen) atoms. The van der Waals surface area contributed by atoms with Gasteiger partial charge in [-0.05, 0) is 58.8 Å². The van der Waals surface area contributed by atoms with Crippen molar-refractivity contribution in [2.75, 3.05) is 38.5 Å². The predicted octanol–water partition coefficient (Wildman–Crippen LogP) is -7.61. The summed E-state index contributed by atoms with van der Waals surface area (Å²) in [6.07, 6.45) is 1.21. The lowest BCUT2D eigenvalue weighted by Gasteiger charge is -2.29. The SMILES string of the molecule is CC(C)C[C@H](NC(=O)[C@H](CC(=O)O)NC(=O)CNC(=O)[C@H](CCCN=C(N)N)NC(=O)[C@H](Cc1cnc[nH]1)NC(=O)CNC(=O)[C@H](NC(=O)CN)C(C)(C)S)C(=O)N[C@@H](CCCN=C(N)N)C(=O)N[C@@H](CS)C(=O)N[C@@H](C)C(=O)O.